The Kier molecular flexibility index (Phi) is 4.97. The minimum absolute atomic E-state index is 0.244. The Morgan fingerprint density at radius 2 is 1.90 bits per heavy atom. The van der Waals surface area contributed by atoms with Gasteiger partial charge in [-0.3, -0.25) is 0 Å². The first-order valence-corrected chi connectivity index (χ1v) is 6.77. The Balaban J connectivity index is 2.17. The standard InChI is InChI=1S/C18H18FNO/c1-13-5-8-18(10-14(13)2)21-12-16-6-7-17(19)11-15(16)4-3-9-20/h5-8,10-11H,9,12,20H2,1-2H3. The molecule has 2 rings (SSSR count). The molecule has 0 amide bonds. The molecule has 108 valence electrons. The SMILES string of the molecule is Cc1ccc(OCc2ccc(F)cc2C#CCN)cc1C. The van der Waals surface area contributed by atoms with Gasteiger partial charge in [-0.1, -0.05) is 24.0 Å². The molecule has 0 aliphatic heterocycles. The van der Waals surface area contributed by atoms with E-state index in [9.17, 15) is 4.39 Å². The average Bonchev–Trinajstić information content (AvgIpc) is 2.47. The molecule has 2 N–H and O–H groups in total. The summed E-state index contributed by atoms with van der Waals surface area (Å²) in [5.41, 5.74) is 9.22. The van der Waals surface area contributed by atoms with E-state index in [2.05, 4.69) is 18.8 Å². The van der Waals surface area contributed by atoms with E-state index in [1.807, 2.05) is 25.1 Å². The Morgan fingerprint density at radius 3 is 2.62 bits per heavy atom. The van der Waals surface area contributed by atoms with E-state index >= 15 is 0 Å². The van der Waals surface area contributed by atoms with Crippen LogP contribution in [0.15, 0.2) is 36.4 Å². The summed E-state index contributed by atoms with van der Waals surface area (Å²) in [5.74, 6) is 6.10. The van der Waals surface area contributed by atoms with E-state index in [0.717, 1.165) is 11.3 Å². The normalized spacial score (nSPS) is 9.90. The van der Waals surface area contributed by atoms with Crippen LogP contribution in [0.25, 0.3) is 0 Å². The van der Waals surface area contributed by atoms with E-state index < -0.39 is 0 Å². The van der Waals surface area contributed by atoms with Gasteiger partial charge >= 0.3 is 0 Å². The summed E-state index contributed by atoms with van der Waals surface area (Å²) in [6, 6.07) is 10.4. The number of halogens is 1. The molecule has 0 bridgehead atoms. The summed E-state index contributed by atoms with van der Waals surface area (Å²) in [6.45, 7) is 4.68. The van der Waals surface area contributed by atoms with Crippen molar-refractivity contribution in [2.24, 2.45) is 5.73 Å². The second-order valence-corrected chi connectivity index (χ2v) is 4.84. The lowest BCUT2D eigenvalue weighted by atomic mass is 10.1. The second-order valence-electron chi connectivity index (χ2n) is 4.84. The largest absolute Gasteiger partial charge is 0.489 e. The third-order valence-corrected chi connectivity index (χ3v) is 3.27. The van der Waals surface area contributed by atoms with Crippen molar-refractivity contribution in [2.45, 2.75) is 20.5 Å². The van der Waals surface area contributed by atoms with Crippen molar-refractivity contribution >= 4 is 0 Å². The predicted octanol–water partition coefficient (Wildman–Crippen LogP) is 3.33. The minimum atomic E-state index is -0.314. The van der Waals surface area contributed by atoms with Crippen LogP contribution in [0.2, 0.25) is 0 Å². The summed E-state index contributed by atoms with van der Waals surface area (Å²) in [5, 5.41) is 0. The van der Waals surface area contributed by atoms with E-state index in [0.29, 0.717) is 12.2 Å². The van der Waals surface area contributed by atoms with Crippen molar-refractivity contribution in [1.82, 2.24) is 0 Å². The smallest absolute Gasteiger partial charge is 0.124 e. The number of nitrogens with two attached hydrogens (primary N) is 1. The van der Waals surface area contributed by atoms with Crippen LogP contribution < -0.4 is 10.5 Å². The molecule has 3 heteroatoms. The molecule has 2 aromatic rings. The molecule has 0 fully saturated rings. The van der Waals surface area contributed by atoms with Gasteiger partial charge in [0.1, 0.15) is 18.2 Å². The third-order valence-electron chi connectivity index (χ3n) is 3.27. The number of benzene rings is 2. The summed E-state index contributed by atoms with van der Waals surface area (Å²) in [7, 11) is 0. The van der Waals surface area contributed by atoms with Crippen LogP contribution in [-0.2, 0) is 6.61 Å². The lowest BCUT2D eigenvalue weighted by molar-refractivity contribution is 0.305. The molecule has 0 spiro atoms. The highest BCUT2D eigenvalue weighted by molar-refractivity contribution is 5.42. The Hall–Kier alpha value is -2.31. The zero-order chi connectivity index (χ0) is 15.2. The molecule has 0 aliphatic rings. The molecule has 21 heavy (non-hydrogen) atoms. The van der Waals surface area contributed by atoms with Crippen molar-refractivity contribution in [3.8, 4) is 17.6 Å². The number of ether oxygens (including phenoxy) is 1. The van der Waals surface area contributed by atoms with Gasteiger partial charge in [0.15, 0.2) is 0 Å². The Bertz CT molecular complexity index is 698. The lowest BCUT2D eigenvalue weighted by Crippen LogP contribution is -2.00. The van der Waals surface area contributed by atoms with Crippen LogP contribution in [-0.4, -0.2) is 6.54 Å². The van der Waals surface area contributed by atoms with Crippen LogP contribution in [0.3, 0.4) is 0 Å². The number of rotatable bonds is 3. The van der Waals surface area contributed by atoms with Crippen molar-refractivity contribution in [3.05, 3.63) is 64.5 Å². The zero-order valence-electron chi connectivity index (χ0n) is 12.2. The molecule has 2 aromatic carbocycles. The summed E-state index contributed by atoms with van der Waals surface area (Å²) >= 11 is 0. The van der Waals surface area contributed by atoms with Gasteiger partial charge < -0.3 is 10.5 Å². The van der Waals surface area contributed by atoms with Crippen LogP contribution in [0.5, 0.6) is 5.75 Å². The first-order valence-electron chi connectivity index (χ1n) is 6.77. The maximum Gasteiger partial charge on any atom is 0.124 e. The molecule has 0 unspecified atom stereocenters. The van der Waals surface area contributed by atoms with Gasteiger partial charge in [0.25, 0.3) is 0 Å². The maximum absolute atomic E-state index is 13.3. The quantitative estimate of drug-likeness (QED) is 0.877. The van der Waals surface area contributed by atoms with Crippen LogP contribution in [0.4, 0.5) is 4.39 Å². The maximum atomic E-state index is 13.3. The minimum Gasteiger partial charge on any atom is -0.489 e. The fourth-order valence-corrected chi connectivity index (χ4v) is 1.90. The highest BCUT2D eigenvalue weighted by Gasteiger charge is 2.04. The van der Waals surface area contributed by atoms with Crippen molar-refractivity contribution in [1.29, 1.82) is 0 Å². The van der Waals surface area contributed by atoms with Crippen LogP contribution in [0.1, 0.15) is 22.3 Å². The molecule has 0 saturated heterocycles. The van der Waals surface area contributed by atoms with Gasteiger partial charge in [-0.25, -0.2) is 4.39 Å². The van der Waals surface area contributed by atoms with E-state index in [4.69, 9.17) is 10.5 Å². The van der Waals surface area contributed by atoms with Gasteiger partial charge in [0.2, 0.25) is 0 Å². The van der Waals surface area contributed by atoms with Crippen molar-refractivity contribution < 1.29 is 9.13 Å². The molecular weight excluding hydrogens is 265 g/mol. The topological polar surface area (TPSA) is 35.2 Å². The monoisotopic (exact) mass is 283 g/mol. The van der Waals surface area contributed by atoms with Crippen LogP contribution in [0, 0.1) is 31.5 Å². The third kappa shape index (κ3) is 4.08. The predicted molar refractivity (Wildman–Crippen MR) is 82.6 cm³/mol. The lowest BCUT2D eigenvalue weighted by Gasteiger charge is -2.10. The summed E-state index contributed by atoms with van der Waals surface area (Å²) in [4.78, 5) is 0. The molecule has 0 heterocycles. The average molecular weight is 283 g/mol. The molecule has 0 aromatic heterocycles. The second kappa shape index (κ2) is 6.92. The van der Waals surface area contributed by atoms with Crippen molar-refractivity contribution in [3.63, 3.8) is 0 Å². The number of hydrogen-bond donors (Lipinski definition) is 1. The van der Waals surface area contributed by atoms with E-state index in [-0.39, 0.29) is 12.4 Å². The Labute approximate surface area is 124 Å². The van der Waals surface area contributed by atoms with Gasteiger partial charge in [-0.05, 0) is 49.2 Å². The van der Waals surface area contributed by atoms with E-state index in [1.54, 1.807) is 6.07 Å². The molecule has 0 atom stereocenters. The zero-order valence-corrected chi connectivity index (χ0v) is 12.2. The molecular formula is C18H18FNO. The van der Waals surface area contributed by atoms with Gasteiger partial charge in [-0.2, -0.15) is 0 Å². The first kappa shape index (κ1) is 15.1. The van der Waals surface area contributed by atoms with Gasteiger partial charge in [0.05, 0.1) is 6.54 Å². The molecule has 2 nitrogen and oxygen atoms in total. The highest BCUT2D eigenvalue weighted by atomic mass is 19.1. The highest BCUT2D eigenvalue weighted by Crippen LogP contribution is 2.19. The first-order chi connectivity index (χ1) is 10.1. The number of hydrogen-bond acceptors (Lipinski definition) is 2. The van der Waals surface area contributed by atoms with Crippen LogP contribution >= 0.6 is 0 Å². The van der Waals surface area contributed by atoms with E-state index in [1.165, 1.54) is 23.3 Å². The summed E-state index contributed by atoms with van der Waals surface area (Å²) in [6.07, 6.45) is 0. The van der Waals surface area contributed by atoms with Gasteiger partial charge in [-0.15, -0.1) is 0 Å². The summed E-state index contributed by atoms with van der Waals surface area (Å²) < 4.78 is 19.1. The molecule has 0 aliphatic carbocycles. The van der Waals surface area contributed by atoms with Gasteiger partial charge in [0, 0.05) is 11.1 Å². The molecule has 0 radical (unpaired) electrons. The Morgan fingerprint density at radius 1 is 1.10 bits per heavy atom. The number of aryl methyl sites for hydroxylation is 2. The van der Waals surface area contributed by atoms with Crippen molar-refractivity contribution in [2.75, 3.05) is 6.54 Å². The molecule has 0 saturated carbocycles. The fourth-order valence-electron chi connectivity index (χ4n) is 1.90. The fraction of sp³-hybridized carbons (Fsp3) is 0.222.